The Bertz CT molecular complexity index is 704. The molecule has 2 rings (SSSR count). The van der Waals surface area contributed by atoms with Crippen LogP contribution in [0.15, 0.2) is 23.1 Å². The molecule has 0 bridgehead atoms. The maximum atomic E-state index is 12.6. The van der Waals surface area contributed by atoms with Gasteiger partial charge < -0.3 is 5.32 Å². The van der Waals surface area contributed by atoms with E-state index in [-0.39, 0.29) is 33.5 Å². The molecular formula is C17H25ClN2O3S. The van der Waals surface area contributed by atoms with E-state index in [4.69, 9.17) is 11.6 Å². The highest BCUT2D eigenvalue weighted by Crippen LogP contribution is 2.25. The highest BCUT2D eigenvalue weighted by Gasteiger charge is 2.25. The number of amides is 1. The van der Waals surface area contributed by atoms with Crippen LogP contribution in [0, 0.1) is 5.92 Å². The number of hydrogen-bond donors (Lipinski definition) is 2. The quantitative estimate of drug-likeness (QED) is 0.832. The fourth-order valence-electron chi connectivity index (χ4n) is 3.00. The van der Waals surface area contributed by atoms with Crippen LogP contribution < -0.4 is 10.0 Å². The third kappa shape index (κ3) is 4.71. The number of hydrogen-bond acceptors (Lipinski definition) is 3. The second-order valence-corrected chi connectivity index (χ2v) is 8.88. The van der Waals surface area contributed by atoms with E-state index in [1.54, 1.807) is 13.8 Å². The summed E-state index contributed by atoms with van der Waals surface area (Å²) in [6, 6.07) is 4.08. The van der Waals surface area contributed by atoms with Crippen molar-refractivity contribution < 1.29 is 13.2 Å². The SMILES string of the molecule is CC(C)NS(=O)(=O)c1ccc(Cl)c(C(=O)NC2CCCCC2C)c1. The molecule has 5 nitrogen and oxygen atoms in total. The molecule has 1 amide bonds. The molecule has 1 aromatic carbocycles. The standard InChI is InChI=1S/C17H25ClN2O3S/c1-11(2)20-24(22,23)13-8-9-15(18)14(10-13)17(21)19-16-7-5-4-6-12(16)3/h8-12,16,20H,4-7H2,1-3H3,(H,19,21). The Morgan fingerprint density at radius 3 is 2.54 bits per heavy atom. The van der Waals surface area contributed by atoms with Gasteiger partial charge >= 0.3 is 0 Å². The second-order valence-electron chi connectivity index (χ2n) is 6.76. The van der Waals surface area contributed by atoms with E-state index in [0.717, 1.165) is 19.3 Å². The van der Waals surface area contributed by atoms with Crippen LogP contribution in [0.3, 0.4) is 0 Å². The molecule has 1 aliphatic rings. The third-order valence-corrected chi connectivity index (χ3v) is 6.30. The van der Waals surface area contributed by atoms with Gasteiger partial charge in [0.15, 0.2) is 0 Å². The number of carbonyl (C=O) groups is 1. The largest absolute Gasteiger partial charge is 0.349 e. The fraction of sp³-hybridized carbons (Fsp3) is 0.588. The maximum Gasteiger partial charge on any atom is 0.253 e. The highest BCUT2D eigenvalue weighted by atomic mass is 35.5. The van der Waals surface area contributed by atoms with Crippen LogP contribution in [0.5, 0.6) is 0 Å². The monoisotopic (exact) mass is 372 g/mol. The molecule has 0 saturated heterocycles. The van der Waals surface area contributed by atoms with E-state index >= 15 is 0 Å². The Hall–Kier alpha value is -1.11. The van der Waals surface area contributed by atoms with Gasteiger partial charge in [-0.2, -0.15) is 0 Å². The Morgan fingerprint density at radius 1 is 1.25 bits per heavy atom. The van der Waals surface area contributed by atoms with Crippen molar-refractivity contribution in [3.8, 4) is 0 Å². The molecule has 2 N–H and O–H groups in total. The van der Waals surface area contributed by atoms with Crippen LogP contribution >= 0.6 is 11.6 Å². The Balaban J connectivity index is 2.23. The van der Waals surface area contributed by atoms with Crippen molar-refractivity contribution in [3.05, 3.63) is 28.8 Å². The molecular weight excluding hydrogens is 348 g/mol. The third-order valence-electron chi connectivity index (χ3n) is 4.31. The van der Waals surface area contributed by atoms with Crippen molar-refractivity contribution >= 4 is 27.5 Å². The molecule has 0 aliphatic heterocycles. The van der Waals surface area contributed by atoms with E-state index in [1.165, 1.54) is 24.6 Å². The molecule has 1 saturated carbocycles. The van der Waals surface area contributed by atoms with E-state index in [0.29, 0.717) is 5.92 Å². The summed E-state index contributed by atoms with van der Waals surface area (Å²) in [7, 11) is -3.66. The van der Waals surface area contributed by atoms with Gasteiger partial charge in [-0.15, -0.1) is 0 Å². The lowest BCUT2D eigenvalue weighted by atomic mass is 9.86. The van der Waals surface area contributed by atoms with E-state index in [1.807, 2.05) is 0 Å². The Labute approximate surface area is 149 Å². The molecule has 1 aliphatic carbocycles. The number of benzene rings is 1. The zero-order chi connectivity index (χ0) is 17.9. The van der Waals surface area contributed by atoms with Gasteiger partial charge in [-0.05, 0) is 50.8 Å². The van der Waals surface area contributed by atoms with Crippen molar-refractivity contribution in [1.29, 1.82) is 0 Å². The van der Waals surface area contributed by atoms with Crippen LogP contribution in [0.1, 0.15) is 56.8 Å². The van der Waals surface area contributed by atoms with Crippen LogP contribution in [-0.2, 0) is 10.0 Å². The van der Waals surface area contributed by atoms with Gasteiger partial charge in [-0.3, -0.25) is 4.79 Å². The highest BCUT2D eigenvalue weighted by molar-refractivity contribution is 7.89. The number of halogens is 1. The van der Waals surface area contributed by atoms with Crippen molar-refractivity contribution in [2.75, 3.05) is 0 Å². The molecule has 1 aromatic rings. The Morgan fingerprint density at radius 2 is 1.92 bits per heavy atom. The molecule has 2 unspecified atom stereocenters. The number of nitrogens with one attached hydrogen (secondary N) is 2. The normalized spacial score (nSPS) is 21.7. The summed E-state index contributed by atoms with van der Waals surface area (Å²) in [4.78, 5) is 12.6. The van der Waals surface area contributed by atoms with Gasteiger partial charge in [0, 0.05) is 12.1 Å². The number of carbonyl (C=O) groups excluding carboxylic acids is 1. The van der Waals surface area contributed by atoms with Crippen LogP contribution in [0.2, 0.25) is 5.02 Å². The summed E-state index contributed by atoms with van der Waals surface area (Å²) in [5.74, 6) is 0.0938. The lowest BCUT2D eigenvalue weighted by molar-refractivity contribution is 0.0910. The molecule has 7 heteroatoms. The lowest BCUT2D eigenvalue weighted by Crippen LogP contribution is -2.41. The first-order chi connectivity index (χ1) is 11.2. The minimum absolute atomic E-state index is 0.0439. The molecule has 0 radical (unpaired) electrons. The number of sulfonamides is 1. The van der Waals surface area contributed by atoms with Crippen LogP contribution in [0.25, 0.3) is 0 Å². The van der Waals surface area contributed by atoms with E-state index < -0.39 is 10.0 Å². The zero-order valence-electron chi connectivity index (χ0n) is 14.3. The van der Waals surface area contributed by atoms with Crippen molar-refractivity contribution in [1.82, 2.24) is 10.0 Å². The van der Waals surface area contributed by atoms with Gasteiger partial charge in [0.25, 0.3) is 5.91 Å². The molecule has 0 heterocycles. The maximum absolute atomic E-state index is 12.6. The van der Waals surface area contributed by atoms with Crippen molar-refractivity contribution in [2.24, 2.45) is 5.92 Å². The van der Waals surface area contributed by atoms with Gasteiger partial charge in [0.2, 0.25) is 10.0 Å². The minimum atomic E-state index is -3.66. The summed E-state index contributed by atoms with van der Waals surface area (Å²) < 4.78 is 27.1. The number of rotatable bonds is 5. The summed E-state index contributed by atoms with van der Waals surface area (Å²) >= 11 is 6.12. The first-order valence-electron chi connectivity index (χ1n) is 8.33. The first-order valence-corrected chi connectivity index (χ1v) is 10.2. The fourth-order valence-corrected chi connectivity index (χ4v) is 4.48. The zero-order valence-corrected chi connectivity index (χ0v) is 15.9. The average Bonchev–Trinajstić information content (AvgIpc) is 2.48. The predicted octanol–water partition coefficient (Wildman–Crippen LogP) is 3.34. The topological polar surface area (TPSA) is 75.3 Å². The molecule has 1 fully saturated rings. The summed E-state index contributed by atoms with van der Waals surface area (Å²) in [5.41, 5.74) is 0.195. The second kappa shape index (κ2) is 7.85. The predicted molar refractivity (Wildman–Crippen MR) is 95.8 cm³/mol. The van der Waals surface area contributed by atoms with Gasteiger partial charge in [0.1, 0.15) is 0 Å². The van der Waals surface area contributed by atoms with Crippen molar-refractivity contribution in [2.45, 2.75) is 63.4 Å². The average molecular weight is 373 g/mol. The molecule has 134 valence electrons. The van der Waals surface area contributed by atoms with Crippen LogP contribution in [0.4, 0.5) is 0 Å². The van der Waals surface area contributed by atoms with E-state index in [2.05, 4.69) is 17.0 Å². The van der Waals surface area contributed by atoms with Crippen LogP contribution in [-0.4, -0.2) is 26.4 Å². The van der Waals surface area contributed by atoms with Gasteiger partial charge in [-0.25, -0.2) is 13.1 Å². The first kappa shape index (κ1) is 19.2. The van der Waals surface area contributed by atoms with Gasteiger partial charge in [0.05, 0.1) is 15.5 Å². The van der Waals surface area contributed by atoms with E-state index in [9.17, 15) is 13.2 Å². The molecule has 2 atom stereocenters. The molecule has 24 heavy (non-hydrogen) atoms. The minimum Gasteiger partial charge on any atom is -0.349 e. The molecule has 0 aromatic heterocycles. The molecule has 0 spiro atoms. The smallest absolute Gasteiger partial charge is 0.253 e. The lowest BCUT2D eigenvalue weighted by Gasteiger charge is -2.29. The summed E-state index contributed by atoms with van der Waals surface area (Å²) in [6.07, 6.45) is 4.31. The summed E-state index contributed by atoms with van der Waals surface area (Å²) in [6.45, 7) is 5.61. The van der Waals surface area contributed by atoms with Crippen molar-refractivity contribution in [3.63, 3.8) is 0 Å². The summed E-state index contributed by atoms with van der Waals surface area (Å²) in [5, 5.41) is 3.26. The van der Waals surface area contributed by atoms with Gasteiger partial charge in [-0.1, -0.05) is 31.4 Å². The Kier molecular flexibility index (Phi) is 6.28.